The van der Waals surface area contributed by atoms with Gasteiger partial charge in [0.1, 0.15) is 5.82 Å². The van der Waals surface area contributed by atoms with Crippen LogP contribution in [0.2, 0.25) is 0 Å². The Morgan fingerprint density at radius 1 is 1.00 bits per heavy atom. The number of aryl methyl sites for hydroxylation is 4. The topological polar surface area (TPSA) is 45.8 Å². The van der Waals surface area contributed by atoms with Crippen molar-refractivity contribution in [3.05, 3.63) is 50.6 Å². The van der Waals surface area contributed by atoms with Crippen LogP contribution in [0, 0.1) is 34.6 Å². The third kappa shape index (κ3) is 2.08. The molecule has 2 aromatic rings. The molecule has 0 amide bonds. The number of H-pyrrole nitrogens is 1. The van der Waals surface area contributed by atoms with Gasteiger partial charge in [-0.3, -0.25) is 4.79 Å². The lowest BCUT2D eigenvalue weighted by Crippen LogP contribution is -2.15. The molecule has 0 aliphatic rings. The monoisotopic (exact) mass is 242 g/mol. The van der Waals surface area contributed by atoms with Crippen molar-refractivity contribution in [1.82, 2.24) is 9.97 Å². The molecule has 0 bridgehead atoms. The summed E-state index contributed by atoms with van der Waals surface area (Å²) in [7, 11) is 0. The largest absolute Gasteiger partial charge is 0.311 e. The van der Waals surface area contributed by atoms with Gasteiger partial charge in [-0.05, 0) is 45.7 Å². The number of rotatable bonds is 1. The molecule has 0 fully saturated rings. The van der Waals surface area contributed by atoms with Crippen molar-refractivity contribution in [2.24, 2.45) is 0 Å². The number of aromatic nitrogens is 2. The first-order valence-corrected chi connectivity index (χ1v) is 6.06. The maximum absolute atomic E-state index is 11.8. The summed E-state index contributed by atoms with van der Waals surface area (Å²) >= 11 is 0. The third-order valence-electron chi connectivity index (χ3n) is 3.18. The Kier molecular flexibility index (Phi) is 3.07. The zero-order valence-electron chi connectivity index (χ0n) is 11.5. The van der Waals surface area contributed by atoms with Crippen molar-refractivity contribution in [1.29, 1.82) is 0 Å². The maximum atomic E-state index is 11.8. The molecule has 0 saturated carbocycles. The minimum atomic E-state index is -0.0584. The molecule has 3 heteroatoms. The molecule has 3 nitrogen and oxygen atoms in total. The Morgan fingerprint density at radius 3 is 2.11 bits per heavy atom. The lowest BCUT2D eigenvalue weighted by Gasteiger charge is -2.13. The lowest BCUT2D eigenvalue weighted by molar-refractivity contribution is 0.996. The van der Waals surface area contributed by atoms with Gasteiger partial charge in [-0.25, -0.2) is 4.98 Å². The standard InChI is InChI=1S/C15H18N2O/c1-8-6-9(2)13(10(3)7-8)14-11(4)15(18)17-12(5)16-14/h6-7H,1-5H3,(H,16,17,18). The molecule has 0 saturated heterocycles. The van der Waals surface area contributed by atoms with E-state index in [0.717, 1.165) is 22.4 Å². The average molecular weight is 242 g/mol. The highest BCUT2D eigenvalue weighted by atomic mass is 16.1. The number of hydrogen-bond acceptors (Lipinski definition) is 2. The van der Waals surface area contributed by atoms with Gasteiger partial charge in [0.25, 0.3) is 5.56 Å². The van der Waals surface area contributed by atoms with E-state index < -0.39 is 0 Å². The average Bonchev–Trinajstić information content (AvgIpc) is 2.23. The number of aromatic amines is 1. The number of nitrogens with zero attached hydrogens (tertiary/aromatic N) is 1. The van der Waals surface area contributed by atoms with E-state index in [0.29, 0.717) is 11.4 Å². The Hall–Kier alpha value is -1.90. The molecule has 0 atom stereocenters. The summed E-state index contributed by atoms with van der Waals surface area (Å²) in [5, 5.41) is 0. The van der Waals surface area contributed by atoms with Crippen molar-refractivity contribution in [3.8, 4) is 11.3 Å². The SMILES string of the molecule is Cc1cc(C)c(-c2nc(C)[nH]c(=O)c2C)c(C)c1. The van der Waals surface area contributed by atoms with Crippen LogP contribution in [0.25, 0.3) is 11.3 Å². The van der Waals surface area contributed by atoms with Crippen LogP contribution >= 0.6 is 0 Å². The van der Waals surface area contributed by atoms with E-state index in [1.165, 1.54) is 5.56 Å². The van der Waals surface area contributed by atoms with Crippen molar-refractivity contribution in [3.63, 3.8) is 0 Å². The normalized spacial score (nSPS) is 10.7. The molecule has 1 aromatic heterocycles. The van der Waals surface area contributed by atoms with Gasteiger partial charge in [-0.1, -0.05) is 17.7 Å². The summed E-state index contributed by atoms with van der Waals surface area (Å²) in [6.07, 6.45) is 0. The molecule has 1 heterocycles. The molecule has 0 unspecified atom stereocenters. The van der Waals surface area contributed by atoms with Gasteiger partial charge in [0, 0.05) is 11.1 Å². The molecule has 94 valence electrons. The van der Waals surface area contributed by atoms with E-state index >= 15 is 0 Å². The summed E-state index contributed by atoms with van der Waals surface area (Å²) in [4.78, 5) is 19.1. The summed E-state index contributed by atoms with van der Waals surface area (Å²) in [5.41, 5.74) is 6.04. The molecule has 1 aromatic carbocycles. The second kappa shape index (κ2) is 4.41. The summed E-state index contributed by atoms with van der Waals surface area (Å²) in [6, 6.07) is 4.25. The fourth-order valence-electron chi connectivity index (χ4n) is 2.44. The number of hydrogen-bond donors (Lipinski definition) is 1. The van der Waals surface area contributed by atoms with Gasteiger partial charge in [0.15, 0.2) is 0 Å². The highest BCUT2D eigenvalue weighted by molar-refractivity contribution is 5.70. The molecule has 0 radical (unpaired) electrons. The van der Waals surface area contributed by atoms with Gasteiger partial charge in [-0.2, -0.15) is 0 Å². The van der Waals surface area contributed by atoms with Gasteiger partial charge < -0.3 is 4.98 Å². The van der Waals surface area contributed by atoms with Gasteiger partial charge >= 0.3 is 0 Å². The molecule has 2 rings (SSSR count). The summed E-state index contributed by atoms with van der Waals surface area (Å²) in [6.45, 7) is 9.83. The molecule has 1 N–H and O–H groups in total. The second-order valence-corrected chi connectivity index (χ2v) is 4.90. The maximum Gasteiger partial charge on any atom is 0.254 e. The Bertz CT molecular complexity index is 646. The highest BCUT2D eigenvalue weighted by Crippen LogP contribution is 2.27. The number of nitrogens with one attached hydrogen (secondary N) is 1. The van der Waals surface area contributed by atoms with Crippen LogP contribution in [-0.2, 0) is 0 Å². The molecule has 0 aliphatic heterocycles. The predicted molar refractivity (Wildman–Crippen MR) is 74.0 cm³/mol. The van der Waals surface area contributed by atoms with Crippen LogP contribution in [0.5, 0.6) is 0 Å². The van der Waals surface area contributed by atoms with Crippen LogP contribution in [0.4, 0.5) is 0 Å². The van der Waals surface area contributed by atoms with Gasteiger partial charge in [0.2, 0.25) is 0 Å². The van der Waals surface area contributed by atoms with E-state index in [4.69, 9.17) is 0 Å². The quantitative estimate of drug-likeness (QED) is 0.835. The molecular weight excluding hydrogens is 224 g/mol. The predicted octanol–water partition coefficient (Wildman–Crippen LogP) is 2.98. The first kappa shape index (κ1) is 12.6. The molecule has 0 aliphatic carbocycles. The van der Waals surface area contributed by atoms with Gasteiger partial charge in [0.05, 0.1) is 5.69 Å². The molecular formula is C15H18N2O. The zero-order chi connectivity index (χ0) is 13.4. The fourth-order valence-corrected chi connectivity index (χ4v) is 2.44. The molecule has 18 heavy (non-hydrogen) atoms. The van der Waals surface area contributed by atoms with Crippen molar-refractivity contribution < 1.29 is 0 Å². The van der Waals surface area contributed by atoms with E-state index in [1.807, 2.05) is 13.8 Å². The first-order valence-electron chi connectivity index (χ1n) is 6.06. The van der Waals surface area contributed by atoms with Crippen molar-refractivity contribution in [2.75, 3.05) is 0 Å². The van der Waals surface area contributed by atoms with Crippen LogP contribution in [0.1, 0.15) is 28.1 Å². The first-order chi connectivity index (χ1) is 8.40. The minimum absolute atomic E-state index is 0.0584. The summed E-state index contributed by atoms with van der Waals surface area (Å²) < 4.78 is 0. The Balaban J connectivity index is 2.81. The lowest BCUT2D eigenvalue weighted by atomic mass is 9.95. The summed E-state index contributed by atoms with van der Waals surface area (Å²) in [5.74, 6) is 0.653. The third-order valence-corrected chi connectivity index (χ3v) is 3.18. The number of benzene rings is 1. The molecule has 0 spiro atoms. The van der Waals surface area contributed by atoms with E-state index in [1.54, 1.807) is 0 Å². The van der Waals surface area contributed by atoms with Crippen molar-refractivity contribution in [2.45, 2.75) is 34.6 Å². The highest BCUT2D eigenvalue weighted by Gasteiger charge is 2.13. The van der Waals surface area contributed by atoms with E-state index in [2.05, 4.69) is 42.9 Å². The van der Waals surface area contributed by atoms with E-state index in [-0.39, 0.29) is 5.56 Å². The van der Waals surface area contributed by atoms with Crippen LogP contribution < -0.4 is 5.56 Å². The van der Waals surface area contributed by atoms with Crippen molar-refractivity contribution >= 4 is 0 Å². The fraction of sp³-hybridized carbons (Fsp3) is 0.333. The second-order valence-electron chi connectivity index (χ2n) is 4.90. The Morgan fingerprint density at radius 2 is 1.56 bits per heavy atom. The Labute approximate surface area is 107 Å². The zero-order valence-corrected chi connectivity index (χ0v) is 11.5. The smallest absolute Gasteiger partial charge is 0.254 e. The minimum Gasteiger partial charge on any atom is -0.311 e. The van der Waals surface area contributed by atoms with Gasteiger partial charge in [-0.15, -0.1) is 0 Å². The van der Waals surface area contributed by atoms with Crippen LogP contribution in [0.3, 0.4) is 0 Å². The van der Waals surface area contributed by atoms with E-state index in [9.17, 15) is 4.79 Å². The van der Waals surface area contributed by atoms with Crippen LogP contribution in [0.15, 0.2) is 16.9 Å². The van der Waals surface area contributed by atoms with Crippen LogP contribution in [-0.4, -0.2) is 9.97 Å².